The summed E-state index contributed by atoms with van der Waals surface area (Å²) in [6, 6.07) is 25.7. The Labute approximate surface area is 249 Å². The SMILES string of the molecule is CC(C)CC(NC(=O)c1ccc(N)c(C(=N)c2ccc(NC3CC4CCC(C3)N4C3COC3)cc2)c1)c1ccccc1. The van der Waals surface area contributed by atoms with E-state index in [4.69, 9.17) is 15.9 Å². The number of amides is 1. The van der Waals surface area contributed by atoms with E-state index in [9.17, 15) is 4.79 Å². The first-order valence-electron chi connectivity index (χ1n) is 15.4. The molecule has 3 saturated heterocycles. The van der Waals surface area contributed by atoms with E-state index in [1.165, 1.54) is 12.8 Å². The molecule has 0 aliphatic carbocycles. The molecule has 7 nitrogen and oxygen atoms in total. The van der Waals surface area contributed by atoms with E-state index < -0.39 is 0 Å². The fourth-order valence-electron chi connectivity index (χ4n) is 7.04. The van der Waals surface area contributed by atoms with E-state index in [-0.39, 0.29) is 11.9 Å². The lowest BCUT2D eigenvalue weighted by Gasteiger charge is -2.46. The molecule has 3 aromatic rings. The van der Waals surface area contributed by atoms with Gasteiger partial charge in [0.15, 0.2) is 0 Å². The number of carbonyl (C=O) groups excluding carboxylic acids is 1. The first-order chi connectivity index (χ1) is 20.4. The second-order valence-electron chi connectivity index (χ2n) is 12.7. The van der Waals surface area contributed by atoms with E-state index in [0.717, 1.165) is 49.3 Å². The molecule has 7 heteroatoms. The predicted octanol–water partition coefficient (Wildman–Crippen LogP) is 6.01. The summed E-state index contributed by atoms with van der Waals surface area (Å²) in [6.07, 6.45) is 5.75. The molecule has 3 fully saturated rings. The summed E-state index contributed by atoms with van der Waals surface area (Å²) in [5.74, 6) is 0.261. The molecule has 3 aliphatic heterocycles. The zero-order chi connectivity index (χ0) is 29.2. The number of hydrogen-bond donors (Lipinski definition) is 4. The van der Waals surface area contributed by atoms with Gasteiger partial charge in [0.05, 0.1) is 31.0 Å². The minimum atomic E-state index is -0.164. The maximum atomic E-state index is 13.4. The average molecular weight is 566 g/mol. The maximum Gasteiger partial charge on any atom is 0.251 e. The molecule has 3 unspecified atom stereocenters. The molecular weight excluding hydrogens is 522 g/mol. The standard InChI is InChI=1S/C35H43N5O2/c1-22(2)16-33(23-6-4-3-5-7-23)39-35(41)25-10-15-32(36)31(17-25)34(37)24-8-11-26(12-9-24)38-27-18-28-13-14-29(19-27)40(28)30-20-42-21-30/h3-12,15,17,22,27-30,33,37-38H,13-14,16,18-21,36H2,1-2H3,(H,39,41). The maximum absolute atomic E-state index is 13.4. The monoisotopic (exact) mass is 565 g/mol. The van der Waals surface area contributed by atoms with Crippen LogP contribution in [0.2, 0.25) is 0 Å². The topological polar surface area (TPSA) is 103 Å². The number of anilines is 2. The number of nitrogens with two attached hydrogens (primary N) is 1. The Morgan fingerprint density at radius 2 is 1.62 bits per heavy atom. The van der Waals surface area contributed by atoms with Crippen molar-refractivity contribution < 1.29 is 9.53 Å². The largest absolute Gasteiger partial charge is 0.398 e. The van der Waals surface area contributed by atoms with Crippen LogP contribution in [0.3, 0.4) is 0 Å². The highest BCUT2D eigenvalue weighted by Gasteiger charge is 2.45. The van der Waals surface area contributed by atoms with Gasteiger partial charge < -0.3 is 21.1 Å². The number of benzene rings is 3. The van der Waals surface area contributed by atoms with Crippen LogP contribution >= 0.6 is 0 Å². The number of nitrogens with one attached hydrogen (secondary N) is 3. The van der Waals surface area contributed by atoms with Gasteiger partial charge in [-0.2, -0.15) is 0 Å². The van der Waals surface area contributed by atoms with Crippen LogP contribution in [-0.2, 0) is 4.74 Å². The summed E-state index contributed by atoms with van der Waals surface area (Å²) >= 11 is 0. The minimum absolute atomic E-state index is 0.0890. The van der Waals surface area contributed by atoms with E-state index in [0.29, 0.717) is 52.6 Å². The third-order valence-corrected chi connectivity index (χ3v) is 9.18. The van der Waals surface area contributed by atoms with Crippen molar-refractivity contribution in [3.05, 3.63) is 95.1 Å². The summed E-state index contributed by atoms with van der Waals surface area (Å²) in [5.41, 5.74) is 11.1. The van der Waals surface area contributed by atoms with Crippen LogP contribution in [0, 0.1) is 11.3 Å². The van der Waals surface area contributed by atoms with Crippen molar-refractivity contribution >= 4 is 23.0 Å². The van der Waals surface area contributed by atoms with Crippen molar-refractivity contribution in [1.82, 2.24) is 10.2 Å². The quantitative estimate of drug-likeness (QED) is 0.178. The lowest BCUT2D eigenvalue weighted by Crippen LogP contribution is -2.58. The lowest BCUT2D eigenvalue weighted by atomic mass is 9.94. The van der Waals surface area contributed by atoms with Gasteiger partial charge in [0.25, 0.3) is 5.91 Å². The van der Waals surface area contributed by atoms with Crippen LogP contribution in [-0.4, -0.2) is 53.9 Å². The molecule has 3 aliphatic rings. The van der Waals surface area contributed by atoms with Crippen LogP contribution in [0.15, 0.2) is 72.8 Å². The summed E-state index contributed by atoms with van der Waals surface area (Å²) in [6.45, 7) is 6.10. The highest BCUT2D eigenvalue weighted by atomic mass is 16.5. The Kier molecular flexibility index (Phi) is 8.31. The average Bonchev–Trinajstić information content (AvgIpc) is 3.20. The van der Waals surface area contributed by atoms with Gasteiger partial charge in [-0.15, -0.1) is 0 Å². The summed E-state index contributed by atoms with van der Waals surface area (Å²) in [5, 5.41) is 15.9. The Morgan fingerprint density at radius 3 is 2.24 bits per heavy atom. The number of hydrogen-bond acceptors (Lipinski definition) is 6. The normalized spacial score (nSPS) is 22.9. The van der Waals surface area contributed by atoms with Gasteiger partial charge >= 0.3 is 0 Å². The number of fused-ring (bicyclic) bond motifs is 2. The first-order valence-corrected chi connectivity index (χ1v) is 15.4. The summed E-state index contributed by atoms with van der Waals surface area (Å²) in [7, 11) is 0. The van der Waals surface area contributed by atoms with Gasteiger partial charge in [-0.25, -0.2) is 0 Å². The van der Waals surface area contributed by atoms with E-state index in [2.05, 4.69) is 41.5 Å². The van der Waals surface area contributed by atoms with E-state index >= 15 is 0 Å². The van der Waals surface area contributed by atoms with Crippen molar-refractivity contribution in [3.8, 4) is 0 Å². The molecule has 0 radical (unpaired) electrons. The zero-order valence-electron chi connectivity index (χ0n) is 24.7. The molecule has 3 atom stereocenters. The molecule has 0 saturated carbocycles. The highest BCUT2D eigenvalue weighted by molar-refractivity contribution is 6.15. The van der Waals surface area contributed by atoms with Crippen molar-refractivity contribution in [3.63, 3.8) is 0 Å². The van der Waals surface area contributed by atoms with Crippen molar-refractivity contribution in [2.45, 2.75) is 76.2 Å². The van der Waals surface area contributed by atoms with Gasteiger partial charge in [0, 0.05) is 46.2 Å². The molecule has 5 N–H and O–H groups in total. The van der Waals surface area contributed by atoms with E-state index in [1.54, 1.807) is 18.2 Å². The molecule has 0 spiro atoms. The van der Waals surface area contributed by atoms with Crippen LogP contribution in [0.1, 0.15) is 79.0 Å². The van der Waals surface area contributed by atoms with Gasteiger partial charge in [-0.1, -0.05) is 56.3 Å². The van der Waals surface area contributed by atoms with Gasteiger partial charge in [-0.05, 0) is 73.9 Å². The molecule has 220 valence electrons. The third kappa shape index (κ3) is 6.08. The Bertz CT molecular complexity index is 1390. The van der Waals surface area contributed by atoms with Crippen molar-refractivity contribution in [2.24, 2.45) is 5.92 Å². The second kappa shape index (κ2) is 12.3. The fourth-order valence-corrected chi connectivity index (χ4v) is 7.04. The van der Waals surface area contributed by atoms with Crippen LogP contribution in [0.25, 0.3) is 0 Å². The number of nitrogens with zero attached hydrogens (tertiary/aromatic N) is 1. The van der Waals surface area contributed by atoms with Gasteiger partial charge in [0.2, 0.25) is 0 Å². The Hall–Kier alpha value is -3.68. The molecule has 1 amide bonds. The van der Waals surface area contributed by atoms with Crippen LogP contribution < -0.4 is 16.4 Å². The number of piperidine rings is 1. The van der Waals surface area contributed by atoms with Crippen LogP contribution in [0.5, 0.6) is 0 Å². The second-order valence-corrected chi connectivity index (χ2v) is 12.7. The molecular formula is C35H43N5O2. The van der Waals surface area contributed by atoms with Crippen LogP contribution in [0.4, 0.5) is 11.4 Å². The molecule has 3 heterocycles. The summed E-state index contributed by atoms with van der Waals surface area (Å²) in [4.78, 5) is 16.1. The van der Waals surface area contributed by atoms with Crippen molar-refractivity contribution in [1.29, 1.82) is 5.41 Å². The number of nitrogen functional groups attached to an aromatic ring is 1. The number of ether oxygens (including phenoxy) is 1. The minimum Gasteiger partial charge on any atom is -0.398 e. The fraction of sp³-hybridized carbons (Fsp3) is 0.429. The molecule has 2 bridgehead atoms. The predicted molar refractivity (Wildman–Crippen MR) is 169 cm³/mol. The number of carbonyl (C=O) groups is 1. The van der Waals surface area contributed by atoms with Gasteiger partial charge in [0.1, 0.15) is 0 Å². The summed E-state index contributed by atoms with van der Waals surface area (Å²) < 4.78 is 5.46. The molecule has 42 heavy (non-hydrogen) atoms. The Morgan fingerprint density at radius 1 is 0.952 bits per heavy atom. The highest BCUT2D eigenvalue weighted by Crippen LogP contribution is 2.39. The van der Waals surface area contributed by atoms with Gasteiger partial charge in [-0.3, -0.25) is 15.1 Å². The van der Waals surface area contributed by atoms with E-state index in [1.807, 2.05) is 42.5 Å². The third-order valence-electron chi connectivity index (χ3n) is 9.18. The first kappa shape index (κ1) is 28.4. The molecule has 6 rings (SSSR count). The molecule has 0 aromatic heterocycles. The lowest BCUT2D eigenvalue weighted by molar-refractivity contribution is -0.0917. The number of rotatable bonds is 10. The molecule has 3 aromatic carbocycles. The smallest absolute Gasteiger partial charge is 0.251 e. The zero-order valence-corrected chi connectivity index (χ0v) is 24.7. The van der Waals surface area contributed by atoms with Crippen molar-refractivity contribution in [2.75, 3.05) is 24.3 Å². The Balaban J connectivity index is 1.11.